The van der Waals surface area contributed by atoms with Crippen molar-refractivity contribution in [1.82, 2.24) is 5.32 Å². The SMILES string of the molecule is C[C@H]1CCCC[C@H]1OCCNC(=O)c1ccc([N+](=O)[O-])o1. The first-order valence-corrected chi connectivity index (χ1v) is 7.22. The highest BCUT2D eigenvalue weighted by molar-refractivity contribution is 5.91. The second kappa shape index (κ2) is 7.21. The van der Waals surface area contributed by atoms with E-state index in [0.29, 0.717) is 19.1 Å². The summed E-state index contributed by atoms with van der Waals surface area (Å²) >= 11 is 0. The molecule has 1 aromatic rings. The van der Waals surface area contributed by atoms with Gasteiger partial charge in [-0.2, -0.15) is 0 Å². The van der Waals surface area contributed by atoms with Crippen molar-refractivity contribution in [3.8, 4) is 0 Å². The molecule has 1 saturated carbocycles. The maximum absolute atomic E-state index is 11.7. The van der Waals surface area contributed by atoms with Crippen LogP contribution in [-0.2, 0) is 4.74 Å². The van der Waals surface area contributed by atoms with Crippen LogP contribution in [0.15, 0.2) is 16.5 Å². The van der Waals surface area contributed by atoms with Crippen LogP contribution in [0.3, 0.4) is 0 Å². The number of ether oxygens (including phenoxy) is 1. The van der Waals surface area contributed by atoms with Crippen molar-refractivity contribution in [2.75, 3.05) is 13.2 Å². The van der Waals surface area contributed by atoms with Crippen LogP contribution in [0, 0.1) is 16.0 Å². The molecule has 0 aliphatic heterocycles. The van der Waals surface area contributed by atoms with Gasteiger partial charge in [-0.3, -0.25) is 14.9 Å². The molecule has 0 radical (unpaired) electrons. The Labute approximate surface area is 122 Å². The van der Waals surface area contributed by atoms with Gasteiger partial charge in [0.25, 0.3) is 5.91 Å². The van der Waals surface area contributed by atoms with Crippen LogP contribution in [-0.4, -0.2) is 30.1 Å². The van der Waals surface area contributed by atoms with E-state index >= 15 is 0 Å². The van der Waals surface area contributed by atoms with E-state index in [0.717, 1.165) is 12.5 Å². The lowest BCUT2D eigenvalue weighted by Crippen LogP contribution is -2.31. The second-order valence-corrected chi connectivity index (χ2v) is 5.32. The molecule has 0 aromatic carbocycles. The Balaban J connectivity index is 1.70. The molecule has 7 heteroatoms. The number of furan rings is 1. The van der Waals surface area contributed by atoms with Crippen LogP contribution in [0.5, 0.6) is 0 Å². The molecule has 0 unspecified atom stereocenters. The monoisotopic (exact) mass is 296 g/mol. The van der Waals surface area contributed by atoms with Crippen LogP contribution in [0.4, 0.5) is 5.88 Å². The molecule has 21 heavy (non-hydrogen) atoms. The highest BCUT2D eigenvalue weighted by atomic mass is 16.6. The highest BCUT2D eigenvalue weighted by Gasteiger charge is 2.22. The van der Waals surface area contributed by atoms with Crippen LogP contribution in [0.1, 0.15) is 43.2 Å². The number of hydrogen-bond donors (Lipinski definition) is 1. The molecular weight excluding hydrogens is 276 g/mol. The zero-order valence-corrected chi connectivity index (χ0v) is 12.0. The van der Waals surface area contributed by atoms with Gasteiger partial charge in [-0.05, 0) is 24.8 Å². The van der Waals surface area contributed by atoms with Crippen molar-refractivity contribution in [3.05, 3.63) is 28.0 Å². The minimum Gasteiger partial charge on any atom is -0.395 e. The summed E-state index contributed by atoms with van der Waals surface area (Å²) in [7, 11) is 0. The molecule has 1 heterocycles. The number of amides is 1. The van der Waals surface area contributed by atoms with Crippen LogP contribution in [0.2, 0.25) is 0 Å². The van der Waals surface area contributed by atoms with Gasteiger partial charge in [-0.25, -0.2) is 0 Å². The summed E-state index contributed by atoms with van der Waals surface area (Å²) in [5, 5.41) is 13.1. The molecule has 0 saturated heterocycles. The summed E-state index contributed by atoms with van der Waals surface area (Å²) in [5.41, 5.74) is 0. The third kappa shape index (κ3) is 4.29. The Hall–Kier alpha value is -1.89. The molecule has 116 valence electrons. The number of nitrogens with zero attached hydrogens (tertiary/aromatic N) is 1. The average Bonchev–Trinajstić information content (AvgIpc) is 2.95. The van der Waals surface area contributed by atoms with Gasteiger partial charge < -0.3 is 14.5 Å². The van der Waals surface area contributed by atoms with E-state index in [1.807, 2.05) is 0 Å². The molecule has 1 N–H and O–H groups in total. The maximum Gasteiger partial charge on any atom is 0.433 e. The summed E-state index contributed by atoms with van der Waals surface area (Å²) in [6, 6.07) is 2.45. The molecule has 1 aliphatic rings. The topological polar surface area (TPSA) is 94.6 Å². The van der Waals surface area contributed by atoms with E-state index in [1.54, 1.807) is 0 Å². The van der Waals surface area contributed by atoms with Crippen molar-refractivity contribution in [2.45, 2.75) is 38.7 Å². The Morgan fingerprint density at radius 2 is 2.24 bits per heavy atom. The van der Waals surface area contributed by atoms with Crippen LogP contribution < -0.4 is 5.32 Å². The third-order valence-corrected chi connectivity index (χ3v) is 3.75. The number of carbonyl (C=O) groups is 1. The lowest BCUT2D eigenvalue weighted by Gasteiger charge is -2.28. The molecule has 1 aromatic heterocycles. The van der Waals surface area contributed by atoms with Crippen LogP contribution >= 0.6 is 0 Å². The summed E-state index contributed by atoms with van der Waals surface area (Å²) in [4.78, 5) is 21.5. The Morgan fingerprint density at radius 1 is 1.48 bits per heavy atom. The summed E-state index contributed by atoms with van der Waals surface area (Å²) in [6.07, 6.45) is 4.97. The van der Waals surface area contributed by atoms with Crippen LogP contribution in [0.25, 0.3) is 0 Å². The predicted octanol–water partition coefficient (Wildman–Crippen LogP) is 2.51. The molecule has 1 fully saturated rings. The Morgan fingerprint density at radius 3 is 2.90 bits per heavy atom. The van der Waals surface area contributed by atoms with Gasteiger partial charge in [-0.15, -0.1) is 0 Å². The first-order valence-electron chi connectivity index (χ1n) is 7.22. The zero-order chi connectivity index (χ0) is 15.2. The van der Waals surface area contributed by atoms with Gasteiger partial charge >= 0.3 is 5.88 Å². The van der Waals surface area contributed by atoms with Crippen molar-refractivity contribution < 1.29 is 18.9 Å². The van der Waals surface area contributed by atoms with E-state index < -0.39 is 16.7 Å². The molecule has 1 aliphatic carbocycles. The van der Waals surface area contributed by atoms with Gasteiger partial charge in [0, 0.05) is 6.54 Å². The smallest absolute Gasteiger partial charge is 0.395 e. The van der Waals surface area contributed by atoms with Gasteiger partial charge in [0.2, 0.25) is 0 Å². The number of hydrogen-bond acceptors (Lipinski definition) is 5. The van der Waals surface area contributed by atoms with Crippen molar-refractivity contribution in [2.24, 2.45) is 5.92 Å². The van der Waals surface area contributed by atoms with Gasteiger partial charge in [0.15, 0.2) is 5.76 Å². The Bertz CT molecular complexity index is 499. The highest BCUT2D eigenvalue weighted by Crippen LogP contribution is 2.26. The first kappa shape index (κ1) is 15.5. The summed E-state index contributed by atoms with van der Waals surface area (Å²) in [5.74, 6) is -0.411. The quantitative estimate of drug-likeness (QED) is 0.494. The lowest BCUT2D eigenvalue weighted by atomic mass is 9.88. The van der Waals surface area contributed by atoms with E-state index in [1.165, 1.54) is 25.3 Å². The molecule has 0 bridgehead atoms. The first-order chi connectivity index (χ1) is 10.1. The molecule has 2 atom stereocenters. The van der Waals surface area contributed by atoms with Crippen molar-refractivity contribution in [1.29, 1.82) is 0 Å². The zero-order valence-electron chi connectivity index (χ0n) is 12.0. The molecule has 0 spiro atoms. The molecule has 7 nitrogen and oxygen atoms in total. The second-order valence-electron chi connectivity index (χ2n) is 5.32. The van der Waals surface area contributed by atoms with E-state index in [2.05, 4.69) is 12.2 Å². The number of nitro groups is 1. The number of rotatable bonds is 6. The fourth-order valence-electron chi connectivity index (χ4n) is 2.54. The van der Waals surface area contributed by atoms with E-state index in [-0.39, 0.29) is 11.9 Å². The molecule has 1 amide bonds. The van der Waals surface area contributed by atoms with E-state index in [4.69, 9.17) is 9.15 Å². The number of carbonyl (C=O) groups excluding carboxylic acids is 1. The summed E-state index contributed by atoms with van der Waals surface area (Å²) in [6.45, 7) is 2.98. The Kier molecular flexibility index (Phi) is 5.32. The third-order valence-electron chi connectivity index (χ3n) is 3.75. The molecule has 2 rings (SSSR count). The lowest BCUT2D eigenvalue weighted by molar-refractivity contribution is -0.402. The minimum absolute atomic E-state index is 0.0623. The fourth-order valence-corrected chi connectivity index (χ4v) is 2.54. The van der Waals surface area contributed by atoms with Crippen molar-refractivity contribution in [3.63, 3.8) is 0 Å². The average molecular weight is 296 g/mol. The fraction of sp³-hybridized carbons (Fsp3) is 0.643. The minimum atomic E-state index is -0.676. The van der Waals surface area contributed by atoms with Gasteiger partial charge in [0.05, 0.1) is 18.8 Å². The number of nitrogens with one attached hydrogen (secondary N) is 1. The van der Waals surface area contributed by atoms with Crippen molar-refractivity contribution >= 4 is 11.8 Å². The molecular formula is C14H20N2O5. The summed E-state index contributed by atoms with van der Waals surface area (Å²) < 4.78 is 10.6. The maximum atomic E-state index is 11.7. The standard InChI is InChI=1S/C14H20N2O5/c1-10-4-2-3-5-11(10)20-9-8-15-14(17)12-6-7-13(21-12)16(18)19/h6-7,10-11H,2-5,8-9H2,1H3,(H,15,17)/t10-,11+/m0/s1. The normalized spacial score (nSPS) is 22.0. The van der Waals surface area contributed by atoms with Gasteiger partial charge in [0.1, 0.15) is 4.92 Å². The van der Waals surface area contributed by atoms with Gasteiger partial charge in [-0.1, -0.05) is 19.8 Å². The predicted molar refractivity (Wildman–Crippen MR) is 75.1 cm³/mol. The largest absolute Gasteiger partial charge is 0.433 e. The van der Waals surface area contributed by atoms with E-state index in [9.17, 15) is 14.9 Å².